The normalized spacial score (nSPS) is 13.8. The Bertz CT molecular complexity index is 670. The molecule has 2 aromatic carbocycles. The third kappa shape index (κ3) is 2.95. The largest absolute Gasteiger partial charge is 0.482 e. The predicted molar refractivity (Wildman–Crippen MR) is 83.9 cm³/mol. The van der Waals surface area contributed by atoms with Gasteiger partial charge in [-0.2, -0.15) is 0 Å². The number of amides is 1. The Balaban J connectivity index is 1.80. The van der Waals surface area contributed by atoms with Crippen LogP contribution < -0.4 is 15.4 Å². The van der Waals surface area contributed by atoms with E-state index in [2.05, 4.69) is 0 Å². The molecule has 0 aliphatic carbocycles. The van der Waals surface area contributed by atoms with Gasteiger partial charge in [0.05, 0.1) is 5.69 Å². The highest BCUT2D eigenvalue weighted by Gasteiger charge is 2.25. The number of fused-ring (bicyclic) bond motifs is 1. The second kappa shape index (κ2) is 5.66. The highest BCUT2D eigenvalue weighted by Crippen LogP contribution is 2.34. The minimum atomic E-state index is -0.0554. The Morgan fingerprint density at radius 2 is 1.95 bits per heavy atom. The van der Waals surface area contributed by atoms with Crippen LogP contribution in [0.3, 0.4) is 0 Å². The molecule has 0 aromatic heterocycles. The van der Waals surface area contributed by atoms with Crippen LogP contribution in [0.15, 0.2) is 42.5 Å². The van der Waals surface area contributed by atoms with E-state index in [0.29, 0.717) is 17.3 Å². The summed E-state index contributed by atoms with van der Waals surface area (Å²) in [6, 6.07) is 13.0. The second-order valence-electron chi connectivity index (χ2n) is 4.94. The molecule has 1 amide bonds. The Labute approximate surface area is 128 Å². The topological polar surface area (TPSA) is 55.6 Å². The van der Waals surface area contributed by atoms with Crippen molar-refractivity contribution in [2.45, 2.75) is 6.42 Å². The van der Waals surface area contributed by atoms with E-state index >= 15 is 0 Å². The SMILES string of the molecule is Nc1ccc(CCN2C(=O)COc3ccc(Cl)cc32)cc1. The van der Waals surface area contributed by atoms with Crippen LogP contribution >= 0.6 is 11.6 Å². The van der Waals surface area contributed by atoms with Crippen LogP contribution in [-0.4, -0.2) is 19.1 Å². The average Bonchev–Trinajstić information content (AvgIpc) is 2.48. The summed E-state index contributed by atoms with van der Waals surface area (Å²) in [6.07, 6.45) is 0.748. The number of ether oxygens (including phenoxy) is 1. The number of nitrogens with two attached hydrogens (primary N) is 1. The van der Waals surface area contributed by atoms with Crippen molar-refractivity contribution in [3.05, 3.63) is 53.1 Å². The van der Waals surface area contributed by atoms with Gasteiger partial charge in [0.15, 0.2) is 6.61 Å². The van der Waals surface area contributed by atoms with Gasteiger partial charge in [0.25, 0.3) is 5.91 Å². The summed E-state index contributed by atoms with van der Waals surface area (Å²) in [5.74, 6) is 0.636. The maximum absolute atomic E-state index is 12.1. The van der Waals surface area contributed by atoms with Crippen molar-refractivity contribution in [3.8, 4) is 5.75 Å². The van der Waals surface area contributed by atoms with Crippen LogP contribution in [0.2, 0.25) is 5.02 Å². The van der Waals surface area contributed by atoms with Crippen LogP contribution in [0.25, 0.3) is 0 Å². The van der Waals surface area contributed by atoms with Gasteiger partial charge < -0.3 is 15.4 Å². The van der Waals surface area contributed by atoms with Gasteiger partial charge in [0, 0.05) is 17.3 Å². The van der Waals surface area contributed by atoms with Crippen LogP contribution in [0.4, 0.5) is 11.4 Å². The molecule has 0 saturated carbocycles. The number of carbonyl (C=O) groups excluding carboxylic acids is 1. The van der Waals surface area contributed by atoms with Gasteiger partial charge in [-0.3, -0.25) is 4.79 Å². The van der Waals surface area contributed by atoms with Crippen molar-refractivity contribution in [2.75, 3.05) is 23.8 Å². The monoisotopic (exact) mass is 302 g/mol. The van der Waals surface area contributed by atoms with Crippen molar-refractivity contribution < 1.29 is 9.53 Å². The molecule has 2 aromatic rings. The van der Waals surface area contributed by atoms with E-state index in [1.807, 2.05) is 24.3 Å². The van der Waals surface area contributed by atoms with Crippen molar-refractivity contribution in [1.82, 2.24) is 0 Å². The Hall–Kier alpha value is -2.20. The molecule has 0 fully saturated rings. The lowest BCUT2D eigenvalue weighted by atomic mass is 10.1. The minimum Gasteiger partial charge on any atom is -0.482 e. The van der Waals surface area contributed by atoms with E-state index < -0.39 is 0 Å². The lowest BCUT2D eigenvalue weighted by molar-refractivity contribution is -0.121. The van der Waals surface area contributed by atoms with E-state index in [1.54, 1.807) is 23.1 Å². The Kier molecular flexibility index (Phi) is 3.71. The molecule has 0 saturated heterocycles. The molecule has 0 bridgehead atoms. The van der Waals surface area contributed by atoms with E-state index in [9.17, 15) is 4.79 Å². The van der Waals surface area contributed by atoms with Gasteiger partial charge in [0.2, 0.25) is 0 Å². The molecule has 5 heteroatoms. The molecule has 1 heterocycles. The molecule has 4 nitrogen and oxygen atoms in total. The van der Waals surface area contributed by atoms with Crippen molar-refractivity contribution in [1.29, 1.82) is 0 Å². The average molecular weight is 303 g/mol. The molecule has 1 aliphatic rings. The van der Waals surface area contributed by atoms with Crippen molar-refractivity contribution in [2.24, 2.45) is 0 Å². The number of rotatable bonds is 3. The van der Waals surface area contributed by atoms with Gasteiger partial charge >= 0.3 is 0 Å². The summed E-state index contributed by atoms with van der Waals surface area (Å²) in [7, 11) is 0. The van der Waals surface area contributed by atoms with Crippen molar-refractivity contribution in [3.63, 3.8) is 0 Å². The fourth-order valence-electron chi connectivity index (χ4n) is 2.35. The molecular formula is C16H15ClN2O2. The van der Waals surface area contributed by atoms with Crippen LogP contribution in [0, 0.1) is 0 Å². The van der Waals surface area contributed by atoms with E-state index in [4.69, 9.17) is 22.1 Å². The molecule has 21 heavy (non-hydrogen) atoms. The fourth-order valence-corrected chi connectivity index (χ4v) is 2.51. The fraction of sp³-hybridized carbons (Fsp3) is 0.188. The predicted octanol–water partition coefficient (Wildman–Crippen LogP) is 2.89. The number of carbonyl (C=O) groups is 1. The smallest absolute Gasteiger partial charge is 0.265 e. The first-order valence-electron chi connectivity index (χ1n) is 6.70. The molecule has 0 atom stereocenters. The first-order valence-corrected chi connectivity index (χ1v) is 7.08. The van der Waals surface area contributed by atoms with Crippen LogP contribution in [0.5, 0.6) is 5.75 Å². The summed E-state index contributed by atoms with van der Waals surface area (Å²) in [4.78, 5) is 13.8. The quantitative estimate of drug-likeness (QED) is 0.887. The number of hydrogen-bond acceptors (Lipinski definition) is 3. The highest BCUT2D eigenvalue weighted by atomic mass is 35.5. The molecule has 2 N–H and O–H groups in total. The van der Waals surface area contributed by atoms with Gasteiger partial charge in [-0.1, -0.05) is 23.7 Å². The van der Waals surface area contributed by atoms with Crippen LogP contribution in [-0.2, 0) is 11.2 Å². The zero-order valence-electron chi connectivity index (χ0n) is 11.4. The Morgan fingerprint density at radius 3 is 2.71 bits per heavy atom. The standard InChI is InChI=1S/C16H15ClN2O2/c17-12-3-6-15-14(9-12)19(16(20)10-21-15)8-7-11-1-4-13(18)5-2-11/h1-6,9H,7-8,10,18H2. The number of nitrogen functional groups attached to an aromatic ring is 1. The number of benzene rings is 2. The van der Waals surface area contributed by atoms with Gasteiger partial charge in [0.1, 0.15) is 5.75 Å². The summed E-state index contributed by atoms with van der Waals surface area (Å²) in [5, 5.41) is 0.588. The van der Waals surface area contributed by atoms with E-state index in [0.717, 1.165) is 23.4 Å². The third-order valence-electron chi connectivity index (χ3n) is 3.47. The van der Waals surface area contributed by atoms with Gasteiger partial charge in [-0.15, -0.1) is 0 Å². The maximum Gasteiger partial charge on any atom is 0.265 e. The number of anilines is 2. The molecule has 0 unspecified atom stereocenters. The lowest BCUT2D eigenvalue weighted by Gasteiger charge is -2.29. The number of halogens is 1. The van der Waals surface area contributed by atoms with Gasteiger partial charge in [-0.05, 0) is 42.3 Å². The summed E-state index contributed by atoms with van der Waals surface area (Å²) < 4.78 is 5.42. The summed E-state index contributed by atoms with van der Waals surface area (Å²) in [6.45, 7) is 0.649. The first kappa shape index (κ1) is 13.8. The Morgan fingerprint density at radius 1 is 1.19 bits per heavy atom. The second-order valence-corrected chi connectivity index (χ2v) is 5.37. The maximum atomic E-state index is 12.1. The lowest BCUT2D eigenvalue weighted by Crippen LogP contribution is -2.40. The van der Waals surface area contributed by atoms with Gasteiger partial charge in [-0.25, -0.2) is 0 Å². The summed E-state index contributed by atoms with van der Waals surface area (Å²) in [5.41, 5.74) is 8.27. The number of nitrogens with zero attached hydrogens (tertiary/aromatic N) is 1. The van der Waals surface area contributed by atoms with E-state index in [-0.39, 0.29) is 12.5 Å². The zero-order chi connectivity index (χ0) is 14.8. The molecule has 108 valence electrons. The van der Waals surface area contributed by atoms with Crippen LogP contribution in [0.1, 0.15) is 5.56 Å². The summed E-state index contributed by atoms with van der Waals surface area (Å²) >= 11 is 6.02. The third-order valence-corrected chi connectivity index (χ3v) is 3.70. The molecule has 3 rings (SSSR count). The molecule has 0 spiro atoms. The molecule has 1 aliphatic heterocycles. The highest BCUT2D eigenvalue weighted by molar-refractivity contribution is 6.31. The van der Waals surface area contributed by atoms with Crippen molar-refractivity contribution >= 4 is 28.9 Å². The zero-order valence-corrected chi connectivity index (χ0v) is 12.1. The first-order chi connectivity index (χ1) is 10.1. The number of hydrogen-bond donors (Lipinski definition) is 1. The minimum absolute atomic E-state index is 0.0554. The molecular weight excluding hydrogens is 288 g/mol. The molecule has 0 radical (unpaired) electrons. The van der Waals surface area contributed by atoms with E-state index in [1.165, 1.54) is 0 Å².